The zero-order valence-corrected chi connectivity index (χ0v) is 38.7. The van der Waals surface area contributed by atoms with Crippen molar-refractivity contribution in [2.75, 3.05) is 26.4 Å². The molecule has 0 spiro atoms. The largest absolute Gasteiger partial charge is 0.457 e. The molecule has 0 amide bonds. The van der Waals surface area contributed by atoms with Gasteiger partial charge in [0.25, 0.3) is 0 Å². The van der Waals surface area contributed by atoms with Crippen LogP contribution in [0.2, 0.25) is 0 Å². The van der Waals surface area contributed by atoms with Crippen LogP contribution in [0.1, 0.15) is 155 Å². The van der Waals surface area contributed by atoms with Gasteiger partial charge in [0.05, 0.1) is 19.8 Å². The zero-order chi connectivity index (χ0) is 45.4. The molecule has 356 valence electrons. The molecule has 4 N–H and O–H groups in total. The number of ether oxygens (including phenoxy) is 4. The number of aliphatic hydroxyl groups is 3. The average Bonchev–Trinajstić information content (AvgIpc) is 3.24. The topological polar surface area (TPSA) is 178 Å². The Morgan fingerprint density at radius 1 is 0.629 bits per heavy atom. The van der Waals surface area contributed by atoms with Gasteiger partial charge in [-0.15, -0.1) is 0 Å². The molecule has 1 rings (SSSR count). The minimum atomic E-state index is -5.07. The van der Waals surface area contributed by atoms with Crippen molar-refractivity contribution in [3.8, 4) is 0 Å². The van der Waals surface area contributed by atoms with Gasteiger partial charge in [-0.3, -0.25) is 9.35 Å². The van der Waals surface area contributed by atoms with Gasteiger partial charge < -0.3 is 34.3 Å². The molecule has 0 aromatic carbocycles. The van der Waals surface area contributed by atoms with Crippen LogP contribution in [0, 0.1) is 0 Å². The van der Waals surface area contributed by atoms with E-state index in [1.54, 1.807) is 0 Å². The minimum Gasteiger partial charge on any atom is -0.457 e. The number of carbonyl (C=O) groups is 1. The fourth-order valence-corrected chi connectivity index (χ4v) is 7.00. The van der Waals surface area contributed by atoms with E-state index in [1.807, 2.05) is 0 Å². The fourth-order valence-electron chi connectivity index (χ4n) is 6.49. The number of hydrogen-bond donors (Lipinski definition) is 4. The van der Waals surface area contributed by atoms with Gasteiger partial charge in [-0.25, -0.2) is 4.18 Å². The second-order valence-electron chi connectivity index (χ2n) is 15.6. The van der Waals surface area contributed by atoms with Gasteiger partial charge >= 0.3 is 16.4 Å². The monoisotopic (exact) mass is 895 g/mol. The zero-order valence-electron chi connectivity index (χ0n) is 37.9. The Morgan fingerprint density at radius 3 is 1.63 bits per heavy atom. The van der Waals surface area contributed by atoms with Gasteiger partial charge in [-0.1, -0.05) is 144 Å². The van der Waals surface area contributed by atoms with E-state index in [4.69, 9.17) is 23.5 Å². The molecule has 0 bridgehead atoms. The van der Waals surface area contributed by atoms with Crippen LogP contribution >= 0.6 is 0 Å². The lowest BCUT2D eigenvalue weighted by Crippen LogP contribution is -2.60. The number of aliphatic hydroxyl groups excluding tert-OH is 3. The highest BCUT2D eigenvalue weighted by molar-refractivity contribution is 7.80. The number of carbonyl (C=O) groups excluding carboxylic acids is 1. The van der Waals surface area contributed by atoms with Crippen molar-refractivity contribution in [2.24, 2.45) is 0 Å². The average molecular weight is 895 g/mol. The second kappa shape index (κ2) is 39.8. The second-order valence-corrected chi connectivity index (χ2v) is 16.7. The van der Waals surface area contributed by atoms with Crippen molar-refractivity contribution in [1.29, 1.82) is 0 Å². The van der Waals surface area contributed by atoms with Gasteiger partial charge in [0.2, 0.25) is 0 Å². The molecule has 0 aromatic rings. The number of esters is 1. The number of unbranched alkanes of at least 4 members (excludes halogenated alkanes) is 12. The minimum absolute atomic E-state index is 0.00182. The maximum Gasteiger partial charge on any atom is 0.397 e. The molecular formula is C49H82O12S. The van der Waals surface area contributed by atoms with E-state index < -0.39 is 59.8 Å². The van der Waals surface area contributed by atoms with Gasteiger partial charge in [0.1, 0.15) is 30.5 Å². The van der Waals surface area contributed by atoms with Crippen molar-refractivity contribution in [2.45, 2.75) is 192 Å². The first-order valence-corrected chi connectivity index (χ1v) is 24.7. The Balaban J connectivity index is 2.47. The van der Waals surface area contributed by atoms with E-state index in [0.29, 0.717) is 13.0 Å². The summed E-state index contributed by atoms with van der Waals surface area (Å²) in [7, 11) is -5.07. The molecule has 1 fully saturated rings. The molecule has 62 heavy (non-hydrogen) atoms. The van der Waals surface area contributed by atoms with Crippen LogP contribution in [0.3, 0.4) is 0 Å². The van der Waals surface area contributed by atoms with E-state index >= 15 is 0 Å². The summed E-state index contributed by atoms with van der Waals surface area (Å²) in [5, 5.41) is 30.7. The Morgan fingerprint density at radius 2 is 1.11 bits per heavy atom. The highest BCUT2D eigenvalue weighted by atomic mass is 32.3. The standard InChI is InChI=1S/C49H82O12S/c1-3-5-7-9-11-13-15-17-19-21-23-25-27-29-31-33-35-37-39-57-41-43(42-58-49-47(53)48(61-62(54,55)56)46(52)44(40-50)60-49)59-45(51)38-36-34-32-30-28-26-24-22-20-18-16-14-12-10-8-6-4-2/h5,7,11-14,17-20,23,25,29,31,43-44,46-50,52-53H,3-4,6,8-10,15-16,21-22,24,26-28,30,32-42H2,1-2H3,(H,54,55,56)/b7-5-,13-11-,14-12-,19-17-,20-18-,25-23-,31-29-. The van der Waals surface area contributed by atoms with Crippen LogP contribution in [-0.2, 0) is 38.3 Å². The molecule has 6 unspecified atom stereocenters. The lowest BCUT2D eigenvalue weighted by molar-refractivity contribution is -0.301. The fraction of sp³-hybridized carbons (Fsp3) is 0.694. The highest BCUT2D eigenvalue weighted by Gasteiger charge is 2.48. The summed E-state index contributed by atoms with van der Waals surface area (Å²) in [6, 6.07) is 0. The Hall–Kier alpha value is -2.72. The third-order valence-corrected chi connectivity index (χ3v) is 10.5. The summed E-state index contributed by atoms with van der Waals surface area (Å²) in [6.07, 6.45) is 43.3. The molecule has 12 nitrogen and oxygen atoms in total. The summed E-state index contributed by atoms with van der Waals surface area (Å²) in [5.74, 6) is -0.426. The van der Waals surface area contributed by atoms with Gasteiger partial charge in [0, 0.05) is 13.0 Å². The Kier molecular flexibility index (Phi) is 36.8. The molecule has 0 radical (unpaired) electrons. The Labute approximate surface area is 374 Å². The van der Waals surface area contributed by atoms with E-state index in [-0.39, 0.29) is 19.6 Å². The first-order valence-electron chi connectivity index (χ1n) is 23.3. The van der Waals surface area contributed by atoms with Crippen LogP contribution in [0.5, 0.6) is 0 Å². The van der Waals surface area contributed by atoms with E-state index in [0.717, 1.165) is 89.9 Å². The number of hydrogen-bond acceptors (Lipinski definition) is 11. The molecule has 0 saturated carbocycles. The first kappa shape index (κ1) is 57.3. The van der Waals surface area contributed by atoms with Crippen molar-refractivity contribution < 1.29 is 56.2 Å². The van der Waals surface area contributed by atoms with Crippen LogP contribution in [0.4, 0.5) is 0 Å². The van der Waals surface area contributed by atoms with Crippen molar-refractivity contribution >= 4 is 16.4 Å². The summed E-state index contributed by atoms with van der Waals surface area (Å²) in [5.41, 5.74) is 0. The molecule has 1 aliphatic heterocycles. The summed E-state index contributed by atoms with van der Waals surface area (Å²) in [6.45, 7) is 3.71. The third kappa shape index (κ3) is 32.9. The van der Waals surface area contributed by atoms with Crippen molar-refractivity contribution in [3.05, 3.63) is 85.1 Å². The normalized spacial score (nSPS) is 20.8. The summed E-state index contributed by atoms with van der Waals surface area (Å²) in [4.78, 5) is 12.9. The summed E-state index contributed by atoms with van der Waals surface area (Å²) < 4.78 is 59.0. The van der Waals surface area contributed by atoms with Gasteiger partial charge in [0.15, 0.2) is 6.29 Å². The maximum absolute atomic E-state index is 12.9. The molecule has 0 aromatic heterocycles. The van der Waals surface area contributed by atoms with E-state index in [9.17, 15) is 28.5 Å². The Bertz CT molecular complexity index is 1400. The highest BCUT2D eigenvalue weighted by Crippen LogP contribution is 2.26. The molecule has 6 atom stereocenters. The van der Waals surface area contributed by atoms with E-state index in [2.05, 4.69) is 103 Å². The van der Waals surface area contributed by atoms with Crippen LogP contribution < -0.4 is 0 Å². The van der Waals surface area contributed by atoms with Gasteiger partial charge in [-0.2, -0.15) is 8.42 Å². The van der Waals surface area contributed by atoms with Crippen LogP contribution in [0.15, 0.2) is 85.1 Å². The van der Waals surface area contributed by atoms with Crippen LogP contribution in [-0.4, -0.2) is 97.5 Å². The first-order chi connectivity index (χ1) is 30.1. The van der Waals surface area contributed by atoms with E-state index in [1.165, 1.54) is 38.5 Å². The number of allylic oxidation sites excluding steroid dienone is 14. The predicted molar refractivity (Wildman–Crippen MR) is 248 cm³/mol. The molecule has 0 aliphatic carbocycles. The van der Waals surface area contributed by atoms with Crippen molar-refractivity contribution in [1.82, 2.24) is 0 Å². The quantitative estimate of drug-likeness (QED) is 0.0199. The molecule has 1 saturated heterocycles. The lowest BCUT2D eigenvalue weighted by atomic mass is 9.99. The molecule has 13 heteroatoms. The predicted octanol–water partition coefficient (Wildman–Crippen LogP) is 10.1. The maximum atomic E-state index is 12.9. The molecule has 1 aliphatic rings. The number of rotatable bonds is 39. The molecule has 1 heterocycles. The summed E-state index contributed by atoms with van der Waals surface area (Å²) >= 11 is 0. The molecular weight excluding hydrogens is 813 g/mol. The smallest absolute Gasteiger partial charge is 0.397 e. The van der Waals surface area contributed by atoms with Crippen molar-refractivity contribution in [3.63, 3.8) is 0 Å². The third-order valence-electron chi connectivity index (χ3n) is 10.0. The van der Waals surface area contributed by atoms with Gasteiger partial charge in [-0.05, 0) is 89.9 Å². The van der Waals surface area contributed by atoms with Crippen LogP contribution in [0.25, 0.3) is 0 Å². The lowest BCUT2D eigenvalue weighted by Gasteiger charge is -2.41. The SMILES string of the molecule is CC/C=C\C/C=C\C/C=C\C/C=C\C/C=C\CCCCOCC(COC1OC(CO)C(O)C(OS(=O)(=O)O)C1O)OC(=O)CCCCCCCCC/C=C\C/C=C\CCCCC.